The van der Waals surface area contributed by atoms with Crippen molar-refractivity contribution in [2.45, 2.75) is 13.0 Å². The van der Waals surface area contributed by atoms with Crippen molar-refractivity contribution >= 4 is 28.8 Å². The van der Waals surface area contributed by atoms with Gasteiger partial charge >= 0.3 is 6.09 Å². The molecule has 4 rings (SSSR count). The van der Waals surface area contributed by atoms with E-state index in [4.69, 9.17) is 4.74 Å². The zero-order valence-electron chi connectivity index (χ0n) is 15.7. The van der Waals surface area contributed by atoms with Gasteiger partial charge in [0.1, 0.15) is 19.7 Å². The molecule has 3 heterocycles. The van der Waals surface area contributed by atoms with E-state index >= 15 is 0 Å². The maximum atomic E-state index is 12.8. The number of hydrogen-bond donors (Lipinski definition) is 0. The molecule has 2 aliphatic rings. The summed E-state index contributed by atoms with van der Waals surface area (Å²) in [5.74, 6) is -0.0386. The maximum absolute atomic E-state index is 12.8. The molecule has 28 heavy (non-hydrogen) atoms. The van der Waals surface area contributed by atoms with E-state index in [-0.39, 0.29) is 18.4 Å². The van der Waals surface area contributed by atoms with E-state index in [1.54, 1.807) is 4.90 Å². The minimum absolute atomic E-state index is 0.0438. The fourth-order valence-corrected chi connectivity index (χ4v) is 3.77. The van der Waals surface area contributed by atoms with E-state index in [2.05, 4.69) is 0 Å². The monoisotopic (exact) mass is 384 g/mol. The Bertz CT molecular complexity index is 893. The number of aromatic nitrogens is 1. The number of rotatable bonds is 4. The van der Waals surface area contributed by atoms with Crippen LogP contribution in [-0.4, -0.2) is 83.0 Å². The number of fused-ring (bicyclic) bond motifs is 1. The highest BCUT2D eigenvalue weighted by Gasteiger charge is 2.28. The van der Waals surface area contributed by atoms with Crippen LogP contribution in [0.4, 0.5) is 4.79 Å². The van der Waals surface area contributed by atoms with Crippen molar-refractivity contribution in [2.24, 2.45) is 0 Å². The van der Waals surface area contributed by atoms with Gasteiger partial charge in [-0.25, -0.2) is 4.79 Å². The van der Waals surface area contributed by atoms with Crippen molar-refractivity contribution in [1.29, 1.82) is 0 Å². The minimum atomic E-state index is -0.432. The number of nitrogens with zero attached hydrogens (tertiary/aromatic N) is 4. The molecule has 0 N–H and O–H groups in total. The van der Waals surface area contributed by atoms with Crippen LogP contribution >= 0.6 is 0 Å². The number of cyclic esters (lactones) is 1. The smallest absolute Gasteiger partial charge is 0.410 e. The number of para-hydroxylation sites is 1. The van der Waals surface area contributed by atoms with Crippen LogP contribution < -0.4 is 0 Å². The van der Waals surface area contributed by atoms with Crippen LogP contribution in [0.1, 0.15) is 6.42 Å². The molecular formula is C20H24N4O4. The maximum Gasteiger partial charge on any atom is 0.410 e. The van der Waals surface area contributed by atoms with E-state index in [0.717, 1.165) is 17.3 Å². The molecule has 0 radical (unpaired) electrons. The van der Waals surface area contributed by atoms with E-state index in [9.17, 15) is 14.4 Å². The van der Waals surface area contributed by atoms with Crippen molar-refractivity contribution < 1.29 is 19.1 Å². The summed E-state index contributed by atoms with van der Waals surface area (Å²) in [5.41, 5.74) is 1.04. The average Bonchev–Trinajstić information content (AvgIpc) is 3.19. The third-order valence-corrected chi connectivity index (χ3v) is 5.36. The van der Waals surface area contributed by atoms with E-state index in [1.807, 2.05) is 46.0 Å². The van der Waals surface area contributed by atoms with Crippen molar-refractivity contribution in [2.75, 3.05) is 45.9 Å². The van der Waals surface area contributed by atoms with Gasteiger partial charge in [0.15, 0.2) is 0 Å². The number of carbonyl (C=O) groups is 3. The van der Waals surface area contributed by atoms with Crippen molar-refractivity contribution in [1.82, 2.24) is 19.3 Å². The number of ether oxygens (including phenoxy) is 1. The lowest BCUT2D eigenvalue weighted by molar-refractivity contribution is -0.134. The first-order chi connectivity index (χ1) is 13.6. The van der Waals surface area contributed by atoms with Crippen molar-refractivity contribution in [3.05, 3.63) is 36.5 Å². The summed E-state index contributed by atoms with van der Waals surface area (Å²) in [4.78, 5) is 41.8. The number of benzene rings is 1. The van der Waals surface area contributed by atoms with Gasteiger partial charge in [0.2, 0.25) is 11.8 Å². The molecule has 0 saturated carbocycles. The van der Waals surface area contributed by atoms with E-state index in [0.29, 0.717) is 45.9 Å². The normalized spacial score (nSPS) is 17.7. The largest absolute Gasteiger partial charge is 0.448 e. The lowest BCUT2D eigenvalue weighted by Gasteiger charge is -2.24. The molecular weight excluding hydrogens is 360 g/mol. The van der Waals surface area contributed by atoms with Gasteiger partial charge < -0.3 is 19.1 Å². The van der Waals surface area contributed by atoms with E-state index < -0.39 is 6.09 Å². The molecule has 2 fully saturated rings. The Kier molecular flexibility index (Phi) is 5.18. The van der Waals surface area contributed by atoms with Gasteiger partial charge in [-0.05, 0) is 23.9 Å². The third kappa shape index (κ3) is 3.81. The van der Waals surface area contributed by atoms with Crippen LogP contribution in [0.15, 0.2) is 36.5 Å². The molecule has 0 unspecified atom stereocenters. The summed E-state index contributed by atoms with van der Waals surface area (Å²) in [6, 6.07) is 10.00. The average molecular weight is 384 g/mol. The zero-order chi connectivity index (χ0) is 19.5. The lowest BCUT2D eigenvalue weighted by atomic mass is 10.2. The predicted molar refractivity (Wildman–Crippen MR) is 103 cm³/mol. The fraction of sp³-hybridized carbons (Fsp3) is 0.450. The summed E-state index contributed by atoms with van der Waals surface area (Å²) in [6.07, 6.45) is 2.23. The molecule has 0 aliphatic carbocycles. The van der Waals surface area contributed by atoms with Gasteiger partial charge in [0.05, 0.1) is 6.54 Å². The second kappa shape index (κ2) is 7.92. The predicted octanol–water partition coefficient (Wildman–Crippen LogP) is 1.15. The molecule has 1 aromatic heterocycles. The second-order valence-electron chi connectivity index (χ2n) is 7.15. The Balaban J connectivity index is 1.33. The fourth-order valence-electron chi connectivity index (χ4n) is 3.77. The van der Waals surface area contributed by atoms with Gasteiger partial charge in [0, 0.05) is 37.9 Å². The highest BCUT2D eigenvalue weighted by atomic mass is 16.6. The second-order valence-corrected chi connectivity index (χ2v) is 7.15. The van der Waals surface area contributed by atoms with Gasteiger partial charge in [-0.1, -0.05) is 18.2 Å². The molecule has 0 bridgehead atoms. The van der Waals surface area contributed by atoms with Crippen LogP contribution in [0, 0.1) is 0 Å². The third-order valence-electron chi connectivity index (χ3n) is 5.36. The Labute approximate surface area is 163 Å². The quantitative estimate of drug-likeness (QED) is 0.793. The molecule has 0 atom stereocenters. The van der Waals surface area contributed by atoms with Crippen LogP contribution in [0.5, 0.6) is 0 Å². The zero-order valence-corrected chi connectivity index (χ0v) is 15.7. The Morgan fingerprint density at radius 3 is 2.32 bits per heavy atom. The molecule has 2 aromatic rings. The molecule has 3 amide bonds. The Morgan fingerprint density at radius 2 is 1.61 bits per heavy atom. The van der Waals surface area contributed by atoms with Crippen molar-refractivity contribution in [3.8, 4) is 0 Å². The molecule has 1 aromatic carbocycles. The van der Waals surface area contributed by atoms with Gasteiger partial charge in [-0.15, -0.1) is 0 Å². The minimum Gasteiger partial charge on any atom is -0.448 e. The molecule has 2 aliphatic heterocycles. The van der Waals surface area contributed by atoms with Gasteiger partial charge in [-0.3, -0.25) is 14.5 Å². The Hall–Kier alpha value is -3.03. The first kappa shape index (κ1) is 18.3. The summed E-state index contributed by atoms with van der Waals surface area (Å²) in [6.45, 7) is 3.35. The Morgan fingerprint density at radius 1 is 0.893 bits per heavy atom. The van der Waals surface area contributed by atoms with Crippen LogP contribution in [-0.2, 0) is 20.9 Å². The summed E-state index contributed by atoms with van der Waals surface area (Å²) < 4.78 is 6.83. The lowest BCUT2D eigenvalue weighted by Crippen LogP contribution is -2.43. The standard InChI is InChI=1S/C20H24N4O4/c25-18(14-23-9-6-16-4-1-2-5-17(16)23)21-7-3-8-22(11-10-21)19(26)15-24-12-13-28-20(24)27/h1-2,4-6,9H,3,7-8,10-15H2. The summed E-state index contributed by atoms with van der Waals surface area (Å²) in [5, 5.41) is 1.11. The first-order valence-corrected chi connectivity index (χ1v) is 9.63. The summed E-state index contributed by atoms with van der Waals surface area (Å²) >= 11 is 0. The highest BCUT2D eigenvalue weighted by Crippen LogP contribution is 2.16. The van der Waals surface area contributed by atoms with Gasteiger partial charge in [-0.2, -0.15) is 0 Å². The molecule has 0 spiro atoms. The van der Waals surface area contributed by atoms with Gasteiger partial charge in [0.25, 0.3) is 0 Å². The van der Waals surface area contributed by atoms with Crippen LogP contribution in [0.3, 0.4) is 0 Å². The van der Waals surface area contributed by atoms with Crippen LogP contribution in [0.2, 0.25) is 0 Å². The van der Waals surface area contributed by atoms with E-state index in [1.165, 1.54) is 4.90 Å². The molecule has 8 nitrogen and oxygen atoms in total. The molecule has 2 saturated heterocycles. The number of amides is 3. The number of carbonyl (C=O) groups excluding carboxylic acids is 3. The topological polar surface area (TPSA) is 75.1 Å². The number of hydrogen-bond acceptors (Lipinski definition) is 4. The SMILES string of the molecule is O=C(CN1CCOC1=O)N1CCCN(C(=O)Cn2ccc3ccccc32)CC1. The first-order valence-electron chi connectivity index (χ1n) is 9.63. The molecule has 8 heteroatoms. The van der Waals surface area contributed by atoms with Crippen molar-refractivity contribution in [3.63, 3.8) is 0 Å². The highest BCUT2D eigenvalue weighted by molar-refractivity contribution is 5.84. The van der Waals surface area contributed by atoms with Crippen LogP contribution in [0.25, 0.3) is 10.9 Å². The molecule has 148 valence electrons. The summed E-state index contributed by atoms with van der Waals surface area (Å²) in [7, 11) is 0.